The number of nitrogens with two attached hydrogens (primary N) is 1. The van der Waals surface area contributed by atoms with Crippen LogP contribution in [0.2, 0.25) is 0 Å². The lowest BCUT2D eigenvalue weighted by atomic mass is 9.83. The van der Waals surface area contributed by atoms with Crippen molar-refractivity contribution in [3.63, 3.8) is 0 Å². The Morgan fingerprint density at radius 1 is 1.42 bits per heavy atom. The maximum Gasteiger partial charge on any atom is 0.223 e. The standard InChI is InChI=1S/C18H32N4O2/c1-4-10-24-17-11-14(7-8-16(17)19)18(23)20-9-5-6-15-12(2)21-22-13(15)3/h14,16-17H,4-11,19H2,1-3H3,(H,20,23)(H,21,22)/t14-,16-,17-/m0/s1. The third-order valence-electron chi connectivity index (χ3n) is 4.93. The molecular formula is C18H32N4O2. The number of hydrogen-bond donors (Lipinski definition) is 3. The van der Waals surface area contributed by atoms with Crippen molar-refractivity contribution in [3.8, 4) is 0 Å². The molecule has 1 aliphatic rings. The number of carbonyl (C=O) groups is 1. The topological polar surface area (TPSA) is 93.0 Å². The van der Waals surface area contributed by atoms with E-state index in [2.05, 4.69) is 22.4 Å². The number of rotatable bonds is 8. The fraction of sp³-hybridized carbons (Fsp3) is 0.778. The summed E-state index contributed by atoms with van der Waals surface area (Å²) in [7, 11) is 0. The second-order valence-electron chi connectivity index (χ2n) is 6.89. The van der Waals surface area contributed by atoms with Crippen molar-refractivity contribution < 1.29 is 9.53 Å². The first-order valence-electron chi connectivity index (χ1n) is 9.18. The molecule has 4 N–H and O–H groups in total. The molecule has 3 atom stereocenters. The summed E-state index contributed by atoms with van der Waals surface area (Å²) in [5.41, 5.74) is 9.56. The van der Waals surface area contributed by atoms with Crippen LogP contribution in [0.1, 0.15) is 56.0 Å². The summed E-state index contributed by atoms with van der Waals surface area (Å²) in [6, 6.07) is 0.0626. The number of aromatic amines is 1. The highest BCUT2D eigenvalue weighted by molar-refractivity contribution is 5.78. The second-order valence-corrected chi connectivity index (χ2v) is 6.89. The van der Waals surface area contributed by atoms with E-state index in [4.69, 9.17) is 10.5 Å². The molecule has 0 aromatic carbocycles. The predicted octanol–water partition coefficient (Wildman–Crippen LogP) is 2.00. The zero-order valence-electron chi connectivity index (χ0n) is 15.2. The number of nitrogens with one attached hydrogen (secondary N) is 2. The normalized spacial score (nSPS) is 24.1. The van der Waals surface area contributed by atoms with Gasteiger partial charge in [0.25, 0.3) is 0 Å². The highest BCUT2D eigenvalue weighted by Crippen LogP contribution is 2.26. The SMILES string of the molecule is CCCO[C@H]1C[C@@H](C(=O)NCCCc2c(C)n[nH]c2C)CC[C@@H]1N. The van der Waals surface area contributed by atoms with E-state index in [-0.39, 0.29) is 24.0 Å². The van der Waals surface area contributed by atoms with Gasteiger partial charge in [0.1, 0.15) is 0 Å². The van der Waals surface area contributed by atoms with E-state index in [1.807, 2.05) is 13.8 Å². The molecule has 1 heterocycles. The number of ether oxygens (including phenoxy) is 1. The van der Waals surface area contributed by atoms with Crippen LogP contribution in [-0.4, -0.2) is 41.4 Å². The quantitative estimate of drug-likeness (QED) is 0.633. The average Bonchev–Trinajstić information content (AvgIpc) is 2.89. The third-order valence-corrected chi connectivity index (χ3v) is 4.93. The number of carbonyl (C=O) groups excluding carboxylic acids is 1. The van der Waals surface area contributed by atoms with Crippen molar-refractivity contribution >= 4 is 5.91 Å². The van der Waals surface area contributed by atoms with E-state index in [1.54, 1.807) is 0 Å². The number of aryl methyl sites for hydroxylation is 2. The van der Waals surface area contributed by atoms with E-state index in [0.717, 1.165) is 56.5 Å². The van der Waals surface area contributed by atoms with E-state index in [0.29, 0.717) is 6.54 Å². The van der Waals surface area contributed by atoms with Crippen molar-refractivity contribution in [2.75, 3.05) is 13.2 Å². The summed E-state index contributed by atoms with van der Waals surface area (Å²) in [5, 5.41) is 10.3. The summed E-state index contributed by atoms with van der Waals surface area (Å²) in [6.45, 7) is 7.55. The van der Waals surface area contributed by atoms with Gasteiger partial charge in [0.2, 0.25) is 5.91 Å². The van der Waals surface area contributed by atoms with Gasteiger partial charge in [0.15, 0.2) is 0 Å². The van der Waals surface area contributed by atoms with Gasteiger partial charge in [-0.3, -0.25) is 9.89 Å². The molecule has 2 rings (SSSR count). The summed E-state index contributed by atoms with van der Waals surface area (Å²) in [6.07, 6.45) is 5.32. The van der Waals surface area contributed by atoms with Gasteiger partial charge in [-0.05, 0) is 57.9 Å². The fourth-order valence-corrected chi connectivity index (χ4v) is 3.42. The lowest BCUT2D eigenvalue weighted by molar-refractivity contribution is -0.128. The van der Waals surface area contributed by atoms with Crippen LogP contribution in [0.4, 0.5) is 0 Å². The maximum absolute atomic E-state index is 12.4. The molecule has 1 aromatic heterocycles. The molecule has 1 aromatic rings. The van der Waals surface area contributed by atoms with Crippen LogP contribution in [0.3, 0.4) is 0 Å². The lowest BCUT2D eigenvalue weighted by Gasteiger charge is -2.33. The van der Waals surface area contributed by atoms with Crippen LogP contribution < -0.4 is 11.1 Å². The van der Waals surface area contributed by atoms with E-state index >= 15 is 0 Å². The summed E-state index contributed by atoms with van der Waals surface area (Å²) in [4.78, 5) is 12.4. The summed E-state index contributed by atoms with van der Waals surface area (Å²) in [5.74, 6) is 0.177. The minimum absolute atomic E-state index is 0.0191. The number of aromatic nitrogens is 2. The molecule has 24 heavy (non-hydrogen) atoms. The van der Waals surface area contributed by atoms with Gasteiger partial charge in [-0.15, -0.1) is 0 Å². The molecular weight excluding hydrogens is 304 g/mol. The van der Waals surface area contributed by atoms with Gasteiger partial charge in [-0.1, -0.05) is 6.92 Å². The third kappa shape index (κ3) is 5.05. The van der Waals surface area contributed by atoms with Crippen molar-refractivity contribution in [1.29, 1.82) is 0 Å². The van der Waals surface area contributed by atoms with Gasteiger partial charge in [-0.2, -0.15) is 5.10 Å². The van der Waals surface area contributed by atoms with Gasteiger partial charge < -0.3 is 15.8 Å². The number of nitrogens with zero attached hydrogens (tertiary/aromatic N) is 1. The zero-order valence-corrected chi connectivity index (χ0v) is 15.2. The Bertz CT molecular complexity index is 510. The molecule has 0 radical (unpaired) electrons. The van der Waals surface area contributed by atoms with Crippen molar-refractivity contribution in [1.82, 2.24) is 15.5 Å². The first-order valence-corrected chi connectivity index (χ1v) is 9.18. The predicted molar refractivity (Wildman–Crippen MR) is 94.7 cm³/mol. The average molecular weight is 336 g/mol. The minimum atomic E-state index is 0.0191. The highest BCUT2D eigenvalue weighted by Gasteiger charge is 2.32. The smallest absolute Gasteiger partial charge is 0.223 e. The van der Waals surface area contributed by atoms with E-state index in [1.165, 1.54) is 5.56 Å². The number of amides is 1. The van der Waals surface area contributed by atoms with Crippen LogP contribution in [0.15, 0.2) is 0 Å². The van der Waals surface area contributed by atoms with Crippen LogP contribution >= 0.6 is 0 Å². The number of hydrogen-bond acceptors (Lipinski definition) is 4. The van der Waals surface area contributed by atoms with Crippen LogP contribution in [0.25, 0.3) is 0 Å². The van der Waals surface area contributed by atoms with Crippen LogP contribution in [0.5, 0.6) is 0 Å². The molecule has 1 amide bonds. The second kappa shape index (κ2) is 9.18. The monoisotopic (exact) mass is 336 g/mol. The molecule has 0 saturated heterocycles. The Labute approximate surface area is 144 Å². The summed E-state index contributed by atoms with van der Waals surface area (Å²) >= 11 is 0. The van der Waals surface area contributed by atoms with Gasteiger partial charge in [-0.25, -0.2) is 0 Å². The van der Waals surface area contributed by atoms with Crippen molar-refractivity contribution in [2.45, 2.75) is 71.4 Å². The Morgan fingerprint density at radius 2 is 2.21 bits per heavy atom. The molecule has 6 nitrogen and oxygen atoms in total. The molecule has 0 unspecified atom stereocenters. The largest absolute Gasteiger partial charge is 0.377 e. The number of H-pyrrole nitrogens is 1. The van der Waals surface area contributed by atoms with E-state index < -0.39 is 0 Å². The highest BCUT2D eigenvalue weighted by atomic mass is 16.5. The first kappa shape index (κ1) is 18.9. The Hall–Kier alpha value is -1.40. The molecule has 6 heteroatoms. The van der Waals surface area contributed by atoms with Gasteiger partial charge in [0, 0.05) is 30.8 Å². The molecule has 1 saturated carbocycles. The Balaban J connectivity index is 1.72. The minimum Gasteiger partial charge on any atom is -0.377 e. The van der Waals surface area contributed by atoms with Gasteiger partial charge >= 0.3 is 0 Å². The first-order chi connectivity index (χ1) is 11.5. The van der Waals surface area contributed by atoms with Crippen molar-refractivity contribution in [3.05, 3.63) is 17.0 Å². The lowest BCUT2D eigenvalue weighted by Crippen LogP contribution is -2.46. The molecule has 136 valence electrons. The molecule has 1 fully saturated rings. The molecule has 0 aliphatic heterocycles. The molecule has 0 spiro atoms. The summed E-state index contributed by atoms with van der Waals surface area (Å²) < 4.78 is 5.81. The maximum atomic E-state index is 12.4. The molecule has 0 bridgehead atoms. The van der Waals surface area contributed by atoms with Crippen LogP contribution in [0, 0.1) is 19.8 Å². The van der Waals surface area contributed by atoms with E-state index in [9.17, 15) is 4.79 Å². The van der Waals surface area contributed by atoms with Gasteiger partial charge in [0.05, 0.1) is 11.8 Å². The Morgan fingerprint density at radius 3 is 2.88 bits per heavy atom. The van der Waals surface area contributed by atoms with Crippen LogP contribution in [-0.2, 0) is 16.0 Å². The molecule has 1 aliphatic carbocycles. The van der Waals surface area contributed by atoms with Crippen molar-refractivity contribution in [2.24, 2.45) is 11.7 Å². The fourth-order valence-electron chi connectivity index (χ4n) is 3.42. The zero-order chi connectivity index (χ0) is 17.5. The Kier molecular flexibility index (Phi) is 7.24.